The zero-order chi connectivity index (χ0) is 51.8. The summed E-state index contributed by atoms with van der Waals surface area (Å²) in [5, 5.41) is 9.66. The lowest BCUT2D eigenvalue weighted by molar-refractivity contribution is -0.289. The minimum atomic E-state index is -1.62. The van der Waals surface area contributed by atoms with Gasteiger partial charge in [-0.05, 0) is 78.7 Å². The fraction of sp³-hybridized carbons (Fsp3) is 0.360. The van der Waals surface area contributed by atoms with E-state index in [4.69, 9.17) is 64.7 Å². The van der Waals surface area contributed by atoms with Gasteiger partial charge in [0.15, 0.2) is 35.9 Å². The molecule has 0 saturated carbocycles. The first-order valence-electron chi connectivity index (χ1n) is 22.0. The third kappa shape index (κ3) is 15.6. The number of hydrogen-bond donors (Lipinski definition) is 2. The van der Waals surface area contributed by atoms with E-state index in [9.17, 15) is 43.5 Å². The number of carbonyl (C=O) groups excluding carboxylic acids is 8. The first kappa shape index (κ1) is 54.5. The van der Waals surface area contributed by atoms with E-state index in [1.54, 1.807) is 110 Å². The van der Waals surface area contributed by atoms with Crippen LogP contribution >= 0.6 is 11.6 Å². The fourth-order valence-electron chi connectivity index (χ4n) is 7.35. The summed E-state index contributed by atoms with van der Waals surface area (Å²) in [5.74, 6) is -6.02. The van der Waals surface area contributed by atoms with E-state index in [1.807, 2.05) is 0 Å². The van der Waals surface area contributed by atoms with Crippen LogP contribution in [0.3, 0.4) is 0 Å². The van der Waals surface area contributed by atoms with Crippen LogP contribution in [0, 0.1) is 5.92 Å². The molecule has 4 aromatic rings. The number of nitrogens with two attached hydrogens (primary N) is 1. The van der Waals surface area contributed by atoms with Crippen LogP contribution in [0.1, 0.15) is 71.3 Å². The van der Waals surface area contributed by atoms with Crippen molar-refractivity contribution >= 4 is 58.6 Å². The van der Waals surface area contributed by atoms with E-state index < -0.39 is 108 Å². The SMILES string of the molecule is CC(=O)OC1OC(C(=O)Cl)C(OC(C)=O)C(OC(C)=O)C1OC(C)=O.CC1C(OC(=O)c2ccccc2)C(COC(=O)c2ccccc2)OC(Oc2ccc(CCN)cc2O)C1OC(=O)c1ccccc1. The summed E-state index contributed by atoms with van der Waals surface area (Å²) in [4.78, 5) is 96.4. The van der Waals surface area contributed by atoms with Crippen LogP contribution in [-0.2, 0) is 73.0 Å². The predicted molar refractivity (Wildman–Crippen MR) is 245 cm³/mol. The molecule has 21 heteroatoms. The molecule has 2 aliphatic heterocycles. The Hall–Kier alpha value is -7.39. The summed E-state index contributed by atoms with van der Waals surface area (Å²) in [5.41, 5.74) is 7.38. The minimum absolute atomic E-state index is 0.0680. The molecule has 0 bridgehead atoms. The normalized spacial score (nSPS) is 23.4. The van der Waals surface area contributed by atoms with Gasteiger partial charge in [0, 0.05) is 33.6 Å². The van der Waals surface area contributed by atoms with Crippen LogP contribution in [0.4, 0.5) is 0 Å². The van der Waals surface area contributed by atoms with Gasteiger partial charge in [-0.1, -0.05) is 67.6 Å². The number of phenolic OH excluding ortho intramolecular Hbond substituents is 1. The highest BCUT2D eigenvalue weighted by atomic mass is 35.5. The highest BCUT2D eigenvalue weighted by Crippen LogP contribution is 2.37. The monoisotopic (exact) mass is 1010 g/mol. The standard InChI is InChI=1S/C36H35NO9.C14H17ClO10/c1-23-31(45-34(40)26-13-7-3-8-14-26)30(22-42-33(39)25-11-5-2-6-12-25)44-36(32(23)46-35(41)27-15-9-4-10-16-27)43-29-18-17-24(19-20-37)21-28(29)38;1-5(16)21-9-10(22-6(2)17)12(23-7(3)18)14(24-8(4)19)25-11(9)13(15)20/h2-18,21,23,30-32,36,38H,19-20,22,37H2,1H3;9-12,14H,1-4H3. The first-order chi connectivity index (χ1) is 33.9. The van der Waals surface area contributed by atoms with Gasteiger partial charge in [-0.2, -0.15) is 0 Å². The van der Waals surface area contributed by atoms with E-state index in [2.05, 4.69) is 0 Å². The number of ether oxygens (including phenoxy) is 10. The van der Waals surface area contributed by atoms with Gasteiger partial charge in [0.1, 0.15) is 18.8 Å². The summed E-state index contributed by atoms with van der Waals surface area (Å²) in [6.45, 7) is 5.99. The quantitative estimate of drug-likeness (QED) is 0.0868. The molecule has 71 heavy (non-hydrogen) atoms. The third-order valence-corrected chi connectivity index (χ3v) is 10.7. The number of benzene rings is 4. The molecule has 10 atom stereocenters. The Kier molecular flexibility index (Phi) is 20.0. The number of aromatic hydroxyl groups is 1. The van der Waals surface area contributed by atoms with Crippen molar-refractivity contribution in [1.29, 1.82) is 0 Å². The number of halogens is 1. The maximum atomic E-state index is 13.3. The molecule has 0 radical (unpaired) electrons. The zero-order valence-electron chi connectivity index (χ0n) is 39.0. The Balaban J connectivity index is 0.000000318. The van der Waals surface area contributed by atoms with E-state index >= 15 is 0 Å². The molecule has 0 aliphatic carbocycles. The summed E-state index contributed by atoms with van der Waals surface area (Å²) < 4.78 is 55.0. The maximum Gasteiger partial charge on any atom is 0.338 e. The highest BCUT2D eigenvalue weighted by molar-refractivity contribution is 6.64. The van der Waals surface area contributed by atoms with Gasteiger partial charge >= 0.3 is 41.8 Å². The second-order valence-corrected chi connectivity index (χ2v) is 16.2. The Labute approximate surface area is 412 Å². The van der Waals surface area contributed by atoms with Crippen molar-refractivity contribution in [2.45, 2.75) is 96.3 Å². The number of esters is 7. The molecular weight excluding hydrogens is 954 g/mol. The van der Waals surface area contributed by atoms with Crippen LogP contribution in [0.25, 0.3) is 0 Å². The predicted octanol–water partition coefficient (Wildman–Crippen LogP) is 4.78. The van der Waals surface area contributed by atoms with Gasteiger partial charge in [0.25, 0.3) is 5.24 Å². The number of rotatable bonds is 16. The highest BCUT2D eigenvalue weighted by Gasteiger charge is 2.55. The van der Waals surface area contributed by atoms with Crippen molar-refractivity contribution < 1.29 is 90.8 Å². The molecule has 0 spiro atoms. The molecule has 10 unspecified atom stereocenters. The molecule has 0 aromatic heterocycles. The lowest BCUT2D eigenvalue weighted by Crippen LogP contribution is -2.63. The molecule has 2 aliphatic rings. The molecule has 0 amide bonds. The van der Waals surface area contributed by atoms with Gasteiger partial charge in [0.2, 0.25) is 18.7 Å². The Morgan fingerprint density at radius 3 is 1.52 bits per heavy atom. The molecule has 2 fully saturated rings. The number of hydrogen-bond acceptors (Lipinski definition) is 20. The third-order valence-electron chi connectivity index (χ3n) is 10.5. The summed E-state index contributed by atoms with van der Waals surface area (Å²) in [6.07, 6.45) is -11.6. The van der Waals surface area contributed by atoms with E-state index in [0.717, 1.165) is 33.3 Å². The summed E-state index contributed by atoms with van der Waals surface area (Å²) >= 11 is 5.45. The van der Waals surface area contributed by atoms with Crippen LogP contribution in [0.5, 0.6) is 11.5 Å². The van der Waals surface area contributed by atoms with Gasteiger partial charge in [-0.15, -0.1) is 0 Å². The lowest BCUT2D eigenvalue weighted by Gasteiger charge is -2.43. The zero-order valence-corrected chi connectivity index (χ0v) is 39.8. The molecule has 20 nitrogen and oxygen atoms in total. The van der Waals surface area contributed by atoms with Gasteiger partial charge in [0.05, 0.1) is 16.7 Å². The summed E-state index contributed by atoms with van der Waals surface area (Å²) in [6, 6.07) is 30.1. The molecule has 378 valence electrons. The summed E-state index contributed by atoms with van der Waals surface area (Å²) in [7, 11) is 0. The van der Waals surface area contributed by atoms with Crippen LogP contribution < -0.4 is 10.5 Å². The lowest BCUT2D eigenvalue weighted by atomic mass is 9.90. The second-order valence-electron chi connectivity index (χ2n) is 15.9. The van der Waals surface area contributed by atoms with Crippen LogP contribution in [0.15, 0.2) is 109 Å². The second kappa shape index (κ2) is 26.0. The largest absolute Gasteiger partial charge is 0.504 e. The average molecular weight is 1010 g/mol. The van der Waals surface area contributed by atoms with E-state index in [0.29, 0.717) is 29.7 Å². The maximum absolute atomic E-state index is 13.3. The van der Waals surface area contributed by atoms with Crippen molar-refractivity contribution in [3.63, 3.8) is 0 Å². The molecule has 3 N–H and O–H groups in total. The van der Waals surface area contributed by atoms with E-state index in [1.165, 1.54) is 6.07 Å². The molecule has 2 heterocycles. The molecule has 4 aromatic carbocycles. The van der Waals surface area contributed by atoms with Crippen molar-refractivity contribution in [1.82, 2.24) is 0 Å². The van der Waals surface area contributed by atoms with Crippen molar-refractivity contribution in [2.75, 3.05) is 13.2 Å². The average Bonchev–Trinajstić information content (AvgIpc) is 3.33. The fourth-order valence-corrected chi connectivity index (χ4v) is 7.52. The smallest absolute Gasteiger partial charge is 0.338 e. The number of phenols is 1. The Morgan fingerprint density at radius 1 is 0.563 bits per heavy atom. The van der Waals surface area contributed by atoms with Crippen LogP contribution in [-0.4, -0.2) is 121 Å². The molecule has 2 saturated heterocycles. The van der Waals surface area contributed by atoms with Crippen molar-refractivity contribution in [3.8, 4) is 11.5 Å². The van der Waals surface area contributed by atoms with Crippen LogP contribution in [0.2, 0.25) is 0 Å². The topological polar surface area (TPSA) is 275 Å². The van der Waals surface area contributed by atoms with Crippen molar-refractivity contribution in [2.24, 2.45) is 11.7 Å². The number of carbonyl (C=O) groups is 8. The van der Waals surface area contributed by atoms with Crippen molar-refractivity contribution in [3.05, 3.63) is 131 Å². The minimum Gasteiger partial charge on any atom is -0.504 e. The van der Waals surface area contributed by atoms with E-state index in [-0.39, 0.29) is 18.1 Å². The first-order valence-corrected chi connectivity index (χ1v) is 22.4. The Bertz CT molecular complexity index is 2490. The van der Waals surface area contributed by atoms with Gasteiger partial charge in [-0.25, -0.2) is 14.4 Å². The Morgan fingerprint density at radius 2 is 1.04 bits per heavy atom. The molecule has 6 rings (SSSR count). The van der Waals surface area contributed by atoms with Gasteiger partial charge < -0.3 is 58.2 Å². The van der Waals surface area contributed by atoms with Gasteiger partial charge in [-0.3, -0.25) is 24.0 Å². The molecular formula is C50H52ClNO19.